The van der Waals surface area contributed by atoms with Gasteiger partial charge in [-0.3, -0.25) is 0 Å². The third kappa shape index (κ3) is 2.92. The van der Waals surface area contributed by atoms with Crippen molar-refractivity contribution in [2.75, 3.05) is 18.5 Å². The van der Waals surface area contributed by atoms with Crippen LogP contribution in [0.15, 0.2) is 33.2 Å². The topological polar surface area (TPSA) is 86.2 Å². The highest BCUT2D eigenvalue weighted by Gasteiger charge is 2.31. The normalized spacial score (nSPS) is 17.4. The molecule has 0 spiro atoms. The molecule has 7 nitrogen and oxygen atoms in total. The molecule has 2 aromatic heterocycles. The fraction of sp³-hybridized carbons (Fsp3) is 0.438. The molecule has 0 aliphatic carbocycles. The highest BCUT2D eigenvalue weighted by molar-refractivity contribution is 5.74. The number of aryl methyl sites for hydroxylation is 1. The lowest BCUT2D eigenvalue weighted by Crippen LogP contribution is -2.27. The Kier molecular flexibility index (Phi) is 3.70. The van der Waals surface area contributed by atoms with Gasteiger partial charge in [0, 0.05) is 13.2 Å². The van der Waals surface area contributed by atoms with Gasteiger partial charge in [0.05, 0.1) is 0 Å². The Bertz CT molecular complexity index is 758. The van der Waals surface area contributed by atoms with E-state index in [0.717, 1.165) is 37.2 Å². The first-order valence-electron chi connectivity index (χ1n) is 7.79. The van der Waals surface area contributed by atoms with Crippen LogP contribution in [0.5, 0.6) is 0 Å². The molecule has 0 radical (unpaired) electrons. The molecule has 1 aliphatic heterocycles. The second-order valence-electron chi connectivity index (χ2n) is 5.74. The van der Waals surface area contributed by atoms with Gasteiger partial charge < -0.3 is 19.0 Å². The van der Waals surface area contributed by atoms with Gasteiger partial charge in [0.2, 0.25) is 5.89 Å². The Morgan fingerprint density at radius 3 is 2.74 bits per heavy atom. The van der Waals surface area contributed by atoms with Crippen molar-refractivity contribution in [2.24, 2.45) is 5.92 Å². The van der Waals surface area contributed by atoms with Gasteiger partial charge in [-0.1, -0.05) is 17.3 Å². The van der Waals surface area contributed by atoms with E-state index >= 15 is 0 Å². The number of ether oxygens (including phenoxy) is 1. The van der Waals surface area contributed by atoms with Crippen LogP contribution in [0.2, 0.25) is 0 Å². The van der Waals surface area contributed by atoms with E-state index in [0.29, 0.717) is 23.6 Å². The first-order valence-corrected chi connectivity index (χ1v) is 7.79. The van der Waals surface area contributed by atoms with Crippen LogP contribution < -0.4 is 5.32 Å². The van der Waals surface area contributed by atoms with Gasteiger partial charge in [-0.15, -0.1) is 0 Å². The summed E-state index contributed by atoms with van der Waals surface area (Å²) >= 11 is 0. The quantitative estimate of drug-likeness (QED) is 0.791. The van der Waals surface area contributed by atoms with Crippen LogP contribution in [0.25, 0.3) is 11.1 Å². The number of hydrogen-bond donors (Lipinski definition) is 1. The number of rotatable bonds is 4. The lowest BCUT2D eigenvalue weighted by Gasteiger charge is -2.27. The van der Waals surface area contributed by atoms with E-state index < -0.39 is 0 Å². The van der Waals surface area contributed by atoms with E-state index in [2.05, 4.69) is 20.4 Å². The van der Waals surface area contributed by atoms with E-state index in [9.17, 15) is 0 Å². The standard InChI is InChI=1S/C16H18N4O3/c1-10-17-15(23-20-10)14(11-6-8-21-9-7-11)19-16-18-12-4-2-3-5-13(12)22-16/h2-5,11,14H,6-9H2,1H3,(H,18,19)/t14-/m0/s1. The summed E-state index contributed by atoms with van der Waals surface area (Å²) in [7, 11) is 0. The van der Waals surface area contributed by atoms with Crippen molar-refractivity contribution in [3.63, 3.8) is 0 Å². The summed E-state index contributed by atoms with van der Waals surface area (Å²) in [5.74, 6) is 1.52. The molecule has 0 amide bonds. The van der Waals surface area contributed by atoms with E-state index in [1.807, 2.05) is 31.2 Å². The van der Waals surface area contributed by atoms with Crippen molar-refractivity contribution in [1.82, 2.24) is 15.1 Å². The predicted molar refractivity (Wildman–Crippen MR) is 83.0 cm³/mol. The largest absolute Gasteiger partial charge is 0.424 e. The van der Waals surface area contributed by atoms with Crippen LogP contribution in [-0.2, 0) is 4.74 Å². The minimum Gasteiger partial charge on any atom is -0.424 e. The Morgan fingerprint density at radius 1 is 1.17 bits per heavy atom. The van der Waals surface area contributed by atoms with Gasteiger partial charge in [-0.05, 0) is 37.8 Å². The molecule has 1 aliphatic rings. The molecule has 23 heavy (non-hydrogen) atoms. The minimum absolute atomic E-state index is 0.131. The molecular weight excluding hydrogens is 296 g/mol. The number of nitrogens with zero attached hydrogens (tertiary/aromatic N) is 3. The molecule has 3 aromatic rings. The van der Waals surface area contributed by atoms with Gasteiger partial charge in [0.1, 0.15) is 11.6 Å². The molecule has 0 bridgehead atoms. The Labute approximate surface area is 133 Å². The highest BCUT2D eigenvalue weighted by Crippen LogP contribution is 2.33. The van der Waals surface area contributed by atoms with Crippen LogP contribution in [0, 0.1) is 12.8 Å². The monoisotopic (exact) mass is 314 g/mol. The van der Waals surface area contributed by atoms with Crippen molar-refractivity contribution in [1.29, 1.82) is 0 Å². The van der Waals surface area contributed by atoms with Crippen LogP contribution in [0.4, 0.5) is 6.01 Å². The summed E-state index contributed by atoms with van der Waals surface area (Å²) in [6.45, 7) is 3.29. The Morgan fingerprint density at radius 2 is 2.00 bits per heavy atom. The summed E-state index contributed by atoms with van der Waals surface area (Å²) < 4.78 is 16.6. The smallest absolute Gasteiger partial charge is 0.296 e. The van der Waals surface area contributed by atoms with Crippen molar-refractivity contribution < 1.29 is 13.7 Å². The predicted octanol–water partition coefficient (Wildman–Crippen LogP) is 3.10. The van der Waals surface area contributed by atoms with Crippen LogP contribution >= 0.6 is 0 Å². The second kappa shape index (κ2) is 6.00. The molecular formula is C16H18N4O3. The SMILES string of the molecule is Cc1noc([C@@H](Nc2nc3ccccc3o2)C2CCOCC2)n1. The van der Waals surface area contributed by atoms with Crippen molar-refractivity contribution >= 4 is 17.1 Å². The van der Waals surface area contributed by atoms with E-state index in [1.165, 1.54) is 0 Å². The number of aromatic nitrogens is 3. The maximum Gasteiger partial charge on any atom is 0.296 e. The Hall–Kier alpha value is -2.41. The summed E-state index contributed by atoms with van der Waals surface area (Å²) in [4.78, 5) is 8.87. The molecule has 0 unspecified atom stereocenters. The number of para-hydroxylation sites is 2. The summed E-state index contributed by atoms with van der Waals surface area (Å²) in [6, 6.07) is 8.02. The number of nitrogens with one attached hydrogen (secondary N) is 1. The zero-order chi connectivity index (χ0) is 15.6. The maximum absolute atomic E-state index is 5.77. The minimum atomic E-state index is -0.131. The van der Waals surface area contributed by atoms with E-state index in [-0.39, 0.29) is 6.04 Å². The average molecular weight is 314 g/mol. The molecule has 1 aromatic carbocycles. The molecule has 7 heteroatoms. The van der Waals surface area contributed by atoms with E-state index in [4.69, 9.17) is 13.7 Å². The van der Waals surface area contributed by atoms with Crippen LogP contribution in [0.3, 0.4) is 0 Å². The highest BCUT2D eigenvalue weighted by atomic mass is 16.5. The van der Waals surface area contributed by atoms with Gasteiger partial charge in [-0.25, -0.2) is 0 Å². The molecule has 0 saturated carbocycles. The number of anilines is 1. The first-order chi connectivity index (χ1) is 11.3. The summed E-state index contributed by atoms with van der Waals surface area (Å²) in [5.41, 5.74) is 1.57. The number of hydrogen-bond acceptors (Lipinski definition) is 7. The van der Waals surface area contributed by atoms with Crippen molar-refractivity contribution in [3.8, 4) is 0 Å². The number of benzene rings is 1. The van der Waals surface area contributed by atoms with Gasteiger partial charge in [-0.2, -0.15) is 9.97 Å². The van der Waals surface area contributed by atoms with Crippen LogP contribution in [-0.4, -0.2) is 28.3 Å². The number of oxazole rings is 1. The van der Waals surface area contributed by atoms with Crippen molar-refractivity contribution in [3.05, 3.63) is 36.0 Å². The molecule has 3 heterocycles. The van der Waals surface area contributed by atoms with Crippen molar-refractivity contribution in [2.45, 2.75) is 25.8 Å². The summed E-state index contributed by atoms with van der Waals surface area (Å²) in [5, 5.41) is 7.25. The maximum atomic E-state index is 5.77. The fourth-order valence-corrected chi connectivity index (χ4v) is 2.94. The second-order valence-corrected chi connectivity index (χ2v) is 5.74. The zero-order valence-corrected chi connectivity index (χ0v) is 12.9. The molecule has 1 saturated heterocycles. The third-order valence-electron chi connectivity index (χ3n) is 4.12. The molecule has 1 N–H and O–H groups in total. The fourth-order valence-electron chi connectivity index (χ4n) is 2.94. The first kappa shape index (κ1) is 14.2. The van der Waals surface area contributed by atoms with Gasteiger partial charge >= 0.3 is 0 Å². The lowest BCUT2D eigenvalue weighted by molar-refractivity contribution is 0.0568. The summed E-state index contributed by atoms with van der Waals surface area (Å²) in [6.07, 6.45) is 1.86. The zero-order valence-electron chi connectivity index (χ0n) is 12.9. The van der Waals surface area contributed by atoms with E-state index in [1.54, 1.807) is 0 Å². The third-order valence-corrected chi connectivity index (χ3v) is 4.12. The van der Waals surface area contributed by atoms with Gasteiger partial charge in [0.15, 0.2) is 11.4 Å². The number of fused-ring (bicyclic) bond motifs is 1. The van der Waals surface area contributed by atoms with Gasteiger partial charge in [0.25, 0.3) is 6.01 Å². The molecule has 120 valence electrons. The lowest BCUT2D eigenvalue weighted by atomic mass is 9.91. The molecule has 1 fully saturated rings. The van der Waals surface area contributed by atoms with Crippen LogP contribution in [0.1, 0.15) is 30.6 Å². The Balaban J connectivity index is 1.63. The molecule has 4 rings (SSSR count). The average Bonchev–Trinajstić information content (AvgIpc) is 3.19. The molecule has 1 atom stereocenters.